The number of sulfone groups is 2. The highest BCUT2D eigenvalue weighted by Crippen LogP contribution is 2.38. The molecule has 0 aliphatic heterocycles. The third-order valence-electron chi connectivity index (χ3n) is 11.0. The molecule has 0 radical (unpaired) electrons. The highest BCUT2D eigenvalue weighted by molar-refractivity contribution is 7.91. The summed E-state index contributed by atoms with van der Waals surface area (Å²) < 4.78 is 158. The first-order chi connectivity index (χ1) is 35.3. The molecule has 0 unspecified atom stereocenters. The van der Waals surface area contributed by atoms with Crippen molar-refractivity contribution in [1.29, 1.82) is 0 Å². The molecule has 0 N–H and O–H groups in total. The zero-order valence-corrected chi connectivity index (χ0v) is 41.5. The lowest BCUT2D eigenvalue weighted by molar-refractivity contribution is 0.0564. The molecular weight excluding hydrogens is 1030 g/mol. The molecule has 0 fully saturated rings. The predicted molar refractivity (Wildman–Crippen MR) is 249 cm³/mol. The van der Waals surface area contributed by atoms with Gasteiger partial charge in [-0.1, -0.05) is 12.1 Å². The SMILES string of the molecule is COc1cccc(OC)c1-n1c(CS(=O)(=O)[C@@H](C)Cc2ncc(F)cn2)nnc1-c1ccn(C(F)F)n1.COc1cccc(OC)c1-n1c(CS(=O)(=O)[C@H](C)Cc2ncc(F)cn2)nnc1-c1ccn(C(F)F)n1. The lowest BCUT2D eigenvalue weighted by atomic mass is 10.2. The molecule has 0 aliphatic carbocycles. The summed E-state index contributed by atoms with van der Waals surface area (Å²) in [5.41, 5.74) is 0.576. The fraction of sp³-hybridized carbons (Fsp3) is 0.318. The molecule has 0 saturated heterocycles. The molecular formula is C44H44F6N14O8S2. The van der Waals surface area contributed by atoms with Gasteiger partial charge in [-0.2, -0.15) is 27.8 Å². The number of methoxy groups -OCH3 is 4. The number of alkyl halides is 4. The molecule has 6 aromatic heterocycles. The van der Waals surface area contributed by atoms with E-state index in [1.54, 1.807) is 36.4 Å². The van der Waals surface area contributed by atoms with Gasteiger partial charge in [-0.25, -0.2) is 54.9 Å². The fourth-order valence-corrected chi connectivity index (χ4v) is 9.63. The zero-order valence-electron chi connectivity index (χ0n) is 39.8. The summed E-state index contributed by atoms with van der Waals surface area (Å²) in [6, 6.07) is 12.4. The Morgan fingerprint density at radius 3 is 1.12 bits per heavy atom. The van der Waals surface area contributed by atoms with Crippen molar-refractivity contribution in [3.8, 4) is 57.4 Å². The first-order valence-electron chi connectivity index (χ1n) is 21.6. The molecule has 8 aromatic rings. The quantitative estimate of drug-likeness (QED) is 0.0789. The number of aromatic nitrogens is 14. The molecule has 22 nitrogen and oxygen atoms in total. The van der Waals surface area contributed by atoms with Crippen LogP contribution in [-0.2, 0) is 44.0 Å². The average molecular weight is 1080 g/mol. The molecule has 30 heteroatoms. The maximum atomic E-state index is 13.3. The zero-order chi connectivity index (χ0) is 53.5. The lowest BCUT2D eigenvalue weighted by Gasteiger charge is -2.18. The van der Waals surface area contributed by atoms with Crippen molar-refractivity contribution in [2.45, 2.75) is 61.8 Å². The van der Waals surface area contributed by atoms with Crippen LogP contribution in [0.1, 0.15) is 50.2 Å². The monoisotopic (exact) mass is 1070 g/mol. The Labute approximate surface area is 417 Å². The minimum atomic E-state index is -3.89. The van der Waals surface area contributed by atoms with E-state index in [2.05, 4.69) is 50.5 Å². The molecule has 6 heterocycles. The van der Waals surface area contributed by atoms with E-state index in [9.17, 15) is 43.2 Å². The second-order valence-electron chi connectivity index (χ2n) is 15.8. The Balaban J connectivity index is 0.000000216. The smallest absolute Gasteiger partial charge is 0.333 e. The summed E-state index contributed by atoms with van der Waals surface area (Å²) in [5.74, 6) is -1.03. The van der Waals surface area contributed by atoms with Crippen LogP contribution in [0, 0.1) is 11.6 Å². The van der Waals surface area contributed by atoms with Crippen molar-refractivity contribution in [2.75, 3.05) is 28.4 Å². The number of rotatable bonds is 20. The normalized spacial score (nSPS) is 12.6. The minimum absolute atomic E-state index is 0.00178. The molecule has 0 aliphatic rings. The Bertz CT molecular complexity index is 3160. The van der Waals surface area contributed by atoms with Gasteiger partial charge in [0.15, 0.2) is 54.6 Å². The molecule has 0 saturated carbocycles. The number of para-hydroxylation sites is 2. The number of ether oxygens (including phenoxy) is 4. The van der Waals surface area contributed by atoms with Gasteiger partial charge < -0.3 is 18.9 Å². The summed E-state index contributed by atoms with van der Waals surface area (Å²) >= 11 is 0. The van der Waals surface area contributed by atoms with Gasteiger partial charge in [0.25, 0.3) is 0 Å². The molecule has 0 amide bonds. The first kappa shape index (κ1) is 53.8. The van der Waals surface area contributed by atoms with E-state index in [-0.39, 0.29) is 70.6 Å². The van der Waals surface area contributed by atoms with Gasteiger partial charge in [-0.05, 0) is 50.2 Å². The van der Waals surface area contributed by atoms with Crippen LogP contribution in [0.4, 0.5) is 26.3 Å². The van der Waals surface area contributed by atoms with Gasteiger partial charge in [0.1, 0.15) is 68.9 Å². The summed E-state index contributed by atoms with van der Waals surface area (Å²) in [7, 11) is -2.14. The van der Waals surface area contributed by atoms with E-state index in [1.165, 1.54) is 63.6 Å². The van der Waals surface area contributed by atoms with Crippen LogP contribution in [0.2, 0.25) is 0 Å². The topological polar surface area (TPSA) is 254 Å². The Morgan fingerprint density at radius 2 is 0.838 bits per heavy atom. The van der Waals surface area contributed by atoms with E-state index in [0.717, 1.165) is 37.2 Å². The molecule has 0 spiro atoms. The number of hydrogen-bond donors (Lipinski definition) is 0. The van der Waals surface area contributed by atoms with E-state index in [1.807, 2.05) is 0 Å². The van der Waals surface area contributed by atoms with Crippen LogP contribution in [0.3, 0.4) is 0 Å². The molecule has 2 aromatic carbocycles. The van der Waals surface area contributed by atoms with Crippen LogP contribution in [0.5, 0.6) is 23.0 Å². The van der Waals surface area contributed by atoms with Gasteiger partial charge in [0.2, 0.25) is 0 Å². The lowest BCUT2D eigenvalue weighted by Crippen LogP contribution is -2.24. The highest BCUT2D eigenvalue weighted by atomic mass is 32.2. The van der Waals surface area contributed by atoms with Crippen molar-refractivity contribution in [3.63, 3.8) is 0 Å². The minimum Gasteiger partial charge on any atom is -0.494 e. The van der Waals surface area contributed by atoms with Crippen molar-refractivity contribution in [3.05, 3.63) is 121 Å². The van der Waals surface area contributed by atoms with Crippen LogP contribution in [-0.4, -0.2) is 125 Å². The first-order valence-corrected chi connectivity index (χ1v) is 25.1. The maximum Gasteiger partial charge on any atom is 0.333 e. The Hall–Kier alpha value is -8.02. The van der Waals surface area contributed by atoms with E-state index in [0.29, 0.717) is 32.4 Å². The molecule has 74 heavy (non-hydrogen) atoms. The van der Waals surface area contributed by atoms with Gasteiger partial charge in [-0.15, -0.1) is 20.4 Å². The average Bonchev–Trinajstić information content (AvgIpc) is 4.22. The second kappa shape index (κ2) is 22.8. The molecule has 392 valence electrons. The van der Waals surface area contributed by atoms with Crippen molar-refractivity contribution >= 4 is 19.7 Å². The van der Waals surface area contributed by atoms with E-state index in [4.69, 9.17) is 18.9 Å². The number of nitrogens with zero attached hydrogens (tertiary/aromatic N) is 14. The van der Waals surface area contributed by atoms with Crippen molar-refractivity contribution in [1.82, 2.24) is 69.0 Å². The number of halogens is 6. The van der Waals surface area contributed by atoms with Gasteiger partial charge >= 0.3 is 13.1 Å². The molecule has 8 rings (SSSR count). The largest absolute Gasteiger partial charge is 0.494 e. The number of benzene rings is 2. The van der Waals surface area contributed by atoms with E-state index < -0.39 is 66.4 Å². The summed E-state index contributed by atoms with van der Waals surface area (Å²) in [5, 5.41) is 22.0. The molecule has 0 bridgehead atoms. The fourth-order valence-electron chi connectivity index (χ4n) is 7.16. The van der Waals surface area contributed by atoms with Gasteiger partial charge in [-0.3, -0.25) is 9.13 Å². The standard InChI is InChI=1S/2C22H22F3N7O4S/c2*1-13(9-18-26-10-14(23)11-27-18)37(33,34)12-19-28-29-21(15-7-8-31(30-15)22(24)25)32(19)20-16(35-2)5-4-6-17(20)36-3/h2*4-8,10-11,13,22H,9,12H2,1-3H3/t2*13-/m10/s1. The second-order valence-corrected chi connectivity index (χ2v) is 20.6. The summed E-state index contributed by atoms with van der Waals surface area (Å²) in [6.45, 7) is -2.84. The van der Waals surface area contributed by atoms with Crippen LogP contribution < -0.4 is 18.9 Å². The third kappa shape index (κ3) is 11.9. The molecule has 2 atom stereocenters. The Kier molecular flexibility index (Phi) is 16.6. The van der Waals surface area contributed by atoms with Crippen LogP contribution in [0.25, 0.3) is 34.4 Å². The van der Waals surface area contributed by atoms with E-state index >= 15 is 0 Å². The van der Waals surface area contributed by atoms with Crippen LogP contribution >= 0.6 is 0 Å². The van der Waals surface area contributed by atoms with Crippen LogP contribution in [0.15, 0.2) is 85.7 Å². The Morgan fingerprint density at radius 1 is 0.514 bits per heavy atom. The predicted octanol–water partition coefficient (Wildman–Crippen LogP) is 6.04. The van der Waals surface area contributed by atoms with Gasteiger partial charge in [0, 0.05) is 25.2 Å². The van der Waals surface area contributed by atoms with Gasteiger partial charge in [0.05, 0.1) is 63.7 Å². The van der Waals surface area contributed by atoms with Crippen molar-refractivity contribution < 1.29 is 62.1 Å². The summed E-state index contributed by atoms with van der Waals surface area (Å²) in [4.78, 5) is 15.3. The number of hydrogen-bond acceptors (Lipinski definition) is 18. The third-order valence-corrected chi connectivity index (χ3v) is 15.1. The maximum absolute atomic E-state index is 13.3. The highest BCUT2D eigenvalue weighted by Gasteiger charge is 2.32. The summed E-state index contributed by atoms with van der Waals surface area (Å²) in [6.07, 6.45) is 5.82. The van der Waals surface area contributed by atoms with Crippen molar-refractivity contribution in [2.24, 2.45) is 0 Å².